The molecule has 0 bridgehead atoms. The third kappa shape index (κ3) is 1.75. The van der Waals surface area contributed by atoms with E-state index in [4.69, 9.17) is 15.6 Å². The lowest BCUT2D eigenvalue weighted by atomic mass is 10.2. The summed E-state index contributed by atoms with van der Waals surface area (Å²) in [5.74, 6) is -0.847. The fraction of sp³-hybridized carbons (Fsp3) is 0.500. The molecule has 0 fully saturated rings. The van der Waals surface area contributed by atoms with Crippen molar-refractivity contribution < 1.29 is 5.11 Å². The zero-order chi connectivity index (χ0) is 5.70. The van der Waals surface area contributed by atoms with Gasteiger partial charge in [-0.25, -0.2) is 0 Å². The third-order valence-corrected chi connectivity index (χ3v) is 0.494. The SMILES string of the molecule is N#CC(C#N)CO. The van der Waals surface area contributed by atoms with E-state index in [0.29, 0.717) is 0 Å². The van der Waals surface area contributed by atoms with Gasteiger partial charge in [-0.15, -0.1) is 0 Å². The maximum atomic E-state index is 8.08. The first-order valence-electron chi connectivity index (χ1n) is 1.75. The van der Waals surface area contributed by atoms with E-state index in [1.54, 1.807) is 12.1 Å². The highest BCUT2D eigenvalue weighted by atomic mass is 16.3. The van der Waals surface area contributed by atoms with Crippen LogP contribution in [-0.4, -0.2) is 11.7 Å². The van der Waals surface area contributed by atoms with E-state index in [2.05, 4.69) is 0 Å². The van der Waals surface area contributed by atoms with Gasteiger partial charge in [0.15, 0.2) is 5.92 Å². The van der Waals surface area contributed by atoms with Gasteiger partial charge >= 0.3 is 0 Å². The van der Waals surface area contributed by atoms with Gasteiger partial charge in [0.05, 0.1) is 18.7 Å². The van der Waals surface area contributed by atoms with Crippen molar-refractivity contribution in [1.82, 2.24) is 0 Å². The van der Waals surface area contributed by atoms with Crippen molar-refractivity contribution >= 4 is 0 Å². The second-order valence-corrected chi connectivity index (χ2v) is 0.993. The van der Waals surface area contributed by atoms with Gasteiger partial charge in [0.25, 0.3) is 0 Å². The Morgan fingerprint density at radius 1 is 1.43 bits per heavy atom. The van der Waals surface area contributed by atoms with Crippen molar-refractivity contribution in [3.05, 3.63) is 0 Å². The van der Waals surface area contributed by atoms with Crippen LogP contribution in [0.15, 0.2) is 0 Å². The lowest BCUT2D eigenvalue weighted by molar-refractivity contribution is 0.279. The van der Waals surface area contributed by atoms with Crippen LogP contribution in [0.4, 0.5) is 0 Å². The molecule has 0 spiro atoms. The molecule has 1 N–H and O–H groups in total. The van der Waals surface area contributed by atoms with Crippen molar-refractivity contribution in [3.8, 4) is 12.1 Å². The molecule has 0 aromatic carbocycles. The Morgan fingerprint density at radius 2 is 1.86 bits per heavy atom. The second-order valence-electron chi connectivity index (χ2n) is 0.993. The minimum absolute atomic E-state index is 0.368. The molecule has 0 aromatic heterocycles. The van der Waals surface area contributed by atoms with Gasteiger partial charge in [-0.1, -0.05) is 0 Å². The van der Waals surface area contributed by atoms with Crippen LogP contribution in [0.1, 0.15) is 0 Å². The number of hydrogen-bond donors (Lipinski definition) is 1. The fourth-order valence-electron chi connectivity index (χ4n) is 0.111. The second kappa shape index (κ2) is 3.14. The summed E-state index contributed by atoms with van der Waals surface area (Å²) in [5.41, 5.74) is 0. The van der Waals surface area contributed by atoms with Gasteiger partial charge in [0, 0.05) is 0 Å². The van der Waals surface area contributed by atoms with E-state index in [9.17, 15) is 0 Å². The lowest BCUT2D eigenvalue weighted by Crippen LogP contribution is -1.97. The van der Waals surface area contributed by atoms with Crippen LogP contribution in [0.25, 0.3) is 0 Å². The van der Waals surface area contributed by atoms with Crippen LogP contribution >= 0.6 is 0 Å². The quantitative estimate of drug-likeness (QED) is 0.484. The first-order chi connectivity index (χ1) is 3.35. The molecule has 0 aliphatic rings. The first kappa shape index (κ1) is 5.94. The molecule has 0 heterocycles. The highest BCUT2D eigenvalue weighted by Gasteiger charge is 1.98. The first-order valence-corrected chi connectivity index (χ1v) is 1.75. The van der Waals surface area contributed by atoms with Crippen LogP contribution in [0.5, 0.6) is 0 Å². The zero-order valence-electron chi connectivity index (χ0n) is 3.63. The zero-order valence-corrected chi connectivity index (χ0v) is 3.63. The van der Waals surface area contributed by atoms with Crippen LogP contribution in [0.2, 0.25) is 0 Å². The van der Waals surface area contributed by atoms with Crippen molar-refractivity contribution in [3.63, 3.8) is 0 Å². The van der Waals surface area contributed by atoms with Crippen LogP contribution in [-0.2, 0) is 0 Å². The topological polar surface area (TPSA) is 67.8 Å². The lowest BCUT2D eigenvalue weighted by Gasteiger charge is -1.83. The third-order valence-electron chi connectivity index (χ3n) is 0.494. The van der Waals surface area contributed by atoms with Crippen molar-refractivity contribution in [1.29, 1.82) is 10.5 Å². The van der Waals surface area contributed by atoms with E-state index in [-0.39, 0.29) is 6.61 Å². The van der Waals surface area contributed by atoms with Gasteiger partial charge in [-0.2, -0.15) is 10.5 Å². The highest BCUT2D eigenvalue weighted by Crippen LogP contribution is 1.84. The number of rotatable bonds is 1. The molecule has 0 aliphatic heterocycles. The molecule has 0 saturated heterocycles. The van der Waals surface area contributed by atoms with Gasteiger partial charge in [0.2, 0.25) is 0 Å². The van der Waals surface area contributed by atoms with E-state index in [1.165, 1.54) is 0 Å². The largest absolute Gasteiger partial charge is 0.394 e. The predicted octanol–water partition coefficient (Wildman–Crippen LogP) is -0.358. The van der Waals surface area contributed by atoms with E-state index in [1.807, 2.05) is 0 Å². The molecular formula is C4H4N2O. The van der Waals surface area contributed by atoms with Gasteiger partial charge in [-0.05, 0) is 0 Å². The smallest absolute Gasteiger partial charge is 0.156 e. The monoisotopic (exact) mass is 96.0 g/mol. The molecule has 0 aliphatic carbocycles. The van der Waals surface area contributed by atoms with Crippen molar-refractivity contribution in [2.75, 3.05) is 6.61 Å². The molecular weight excluding hydrogens is 92.1 g/mol. The van der Waals surface area contributed by atoms with E-state index < -0.39 is 5.92 Å². The summed E-state index contributed by atoms with van der Waals surface area (Å²) >= 11 is 0. The Balaban J connectivity index is 3.50. The minimum Gasteiger partial charge on any atom is -0.394 e. The molecule has 0 saturated carbocycles. The molecule has 3 heteroatoms. The molecule has 0 rings (SSSR count). The summed E-state index contributed by atoms with van der Waals surface area (Å²) in [5, 5.41) is 23.9. The molecule has 3 nitrogen and oxygen atoms in total. The standard InChI is InChI=1S/C4H4N2O/c5-1-4(2-6)3-7/h4,7H,3H2. The molecule has 7 heavy (non-hydrogen) atoms. The highest BCUT2D eigenvalue weighted by molar-refractivity contribution is 4.98. The van der Waals surface area contributed by atoms with Gasteiger partial charge < -0.3 is 5.11 Å². The predicted molar refractivity (Wildman–Crippen MR) is 21.8 cm³/mol. The number of nitrogens with zero attached hydrogens (tertiary/aromatic N) is 2. The van der Waals surface area contributed by atoms with Crippen molar-refractivity contribution in [2.45, 2.75) is 0 Å². The minimum atomic E-state index is -0.847. The molecule has 0 amide bonds. The van der Waals surface area contributed by atoms with Crippen LogP contribution < -0.4 is 0 Å². The van der Waals surface area contributed by atoms with Gasteiger partial charge in [-0.3, -0.25) is 0 Å². The van der Waals surface area contributed by atoms with Gasteiger partial charge in [0.1, 0.15) is 0 Å². The Morgan fingerprint density at radius 3 is 1.86 bits per heavy atom. The number of nitriles is 2. The Labute approximate surface area is 41.4 Å². The summed E-state index contributed by atoms with van der Waals surface area (Å²) in [7, 11) is 0. The Bertz CT molecular complexity index is 105. The molecule has 0 atom stereocenters. The Kier molecular flexibility index (Phi) is 2.67. The maximum absolute atomic E-state index is 8.08. The van der Waals surface area contributed by atoms with Crippen LogP contribution in [0, 0.1) is 28.6 Å². The molecule has 0 aromatic rings. The van der Waals surface area contributed by atoms with E-state index in [0.717, 1.165) is 0 Å². The average Bonchev–Trinajstić information content (AvgIpc) is 1.72. The number of hydrogen-bond acceptors (Lipinski definition) is 3. The van der Waals surface area contributed by atoms with E-state index >= 15 is 0 Å². The average molecular weight is 96.1 g/mol. The molecule has 0 radical (unpaired) electrons. The summed E-state index contributed by atoms with van der Waals surface area (Å²) in [6.07, 6.45) is 0. The normalized spacial score (nSPS) is 7.43. The fourth-order valence-corrected chi connectivity index (χ4v) is 0.111. The van der Waals surface area contributed by atoms with Crippen LogP contribution in [0.3, 0.4) is 0 Å². The summed E-state index contributed by atoms with van der Waals surface area (Å²) in [6.45, 7) is -0.368. The summed E-state index contributed by atoms with van der Waals surface area (Å²) in [4.78, 5) is 0. The summed E-state index contributed by atoms with van der Waals surface area (Å²) in [6, 6.07) is 3.18. The molecule has 36 valence electrons. The number of aliphatic hydroxyl groups is 1. The Hall–Kier alpha value is -1.06. The molecule has 0 unspecified atom stereocenters. The van der Waals surface area contributed by atoms with Crippen molar-refractivity contribution in [2.24, 2.45) is 5.92 Å². The maximum Gasteiger partial charge on any atom is 0.156 e. The number of aliphatic hydroxyl groups excluding tert-OH is 1. The summed E-state index contributed by atoms with van der Waals surface area (Å²) < 4.78 is 0.